The number of Topliss-reactive ketones (excluding diaryl/α,β-unsaturated/α-hetero) is 1. The van der Waals surface area contributed by atoms with Crippen LogP contribution in [-0.2, 0) is 11.4 Å². The topological polar surface area (TPSA) is 103 Å². The Balaban J connectivity index is 1.49. The molecule has 0 unspecified atom stereocenters. The third kappa shape index (κ3) is 5.32. The van der Waals surface area contributed by atoms with Crippen molar-refractivity contribution in [2.24, 2.45) is 5.41 Å². The van der Waals surface area contributed by atoms with Crippen LogP contribution in [0.5, 0.6) is 11.5 Å². The summed E-state index contributed by atoms with van der Waals surface area (Å²) >= 11 is 0. The minimum atomic E-state index is -0.427. The zero-order chi connectivity index (χ0) is 27.9. The van der Waals surface area contributed by atoms with Gasteiger partial charge < -0.3 is 20.1 Å². The number of allylic oxidation sites excluding steroid dienone is 1. The molecule has 0 amide bonds. The Morgan fingerprint density at radius 3 is 2.33 bits per heavy atom. The van der Waals surface area contributed by atoms with Gasteiger partial charge in [-0.1, -0.05) is 19.9 Å². The van der Waals surface area contributed by atoms with Crippen molar-refractivity contribution < 1.29 is 19.2 Å². The van der Waals surface area contributed by atoms with Crippen LogP contribution in [0, 0.1) is 29.4 Å². The summed E-state index contributed by atoms with van der Waals surface area (Å²) in [5.41, 5.74) is 7.56. The van der Waals surface area contributed by atoms with Crippen LogP contribution < -0.4 is 20.1 Å². The summed E-state index contributed by atoms with van der Waals surface area (Å²) < 4.78 is 11.7. The smallest absolute Gasteiger partial charge is 0.269 e. The Morgan fingerprint density at radius 1 is 0.974 bits per heavy atom. The lowest BCUT2D eigenvalue weighted by atomic mass is 9.73. The normalized spacial score (nSPS) is 17.8. The Morgan fingerprint density at radius 2 is 1.67 bits per heavy atom. The predicted molar refractivity (Wildman–Crippen MR) is 151 cm³/mol. The maximum Gasteiger partial charge on any atom is 0.269 e. The molecule has 0 aromatic heterocycles. The summed E-state index contributed by atoms with van der Waals surface area (Å²) in [7, 11) is 1.58. The fourth-order valence-corrected chi connectivity index (χ4v) is 5.32. The Bertz CT molecular complexity index is 1490. The molecule has 2 N–H and O–H groups in total. The van der Waals surface area contributed by atoms with Crippen molar-refractivity contribution in [3.8, 4) is 11.5 Å². The predicted octanol–water partition coefficient (Wildman–Crippen LogP) is 7.02. The van der Waals surface area contributed by atoms with E-state index in [1.165, 1.54) is 23.3 Å². The molecule has 0 saturated heterocycles. The van der Waals surface area contributed by atoms with Crippen molar-refractivity contribution >= 4 is 22.8 Å². The van der Waals surface area contributed by atoms with Gasteiger partial charge in [-0.05, 0) is 84.3 Å². The monoisotopic (exact) mass is 527 g/mol. The highest BCUT2D eigenvalue weighted by Gasteiger charge is 2.39. The molecule has 2 aliphatic rings. The number of carbonyl (C=O) groups is 1. The fourth-order valence-electron chi connectivity index (χ4n) is 5.32. The highest BCUT2D eigenvalue weighted by Crippen LogP contribution is 2.46. The van der Waals surface area contributed by atoms with Gasteiger partial charge in [-0.15, -0.1) is 0 Å². The summed E-state index contributed by atoms with van der Waals surface area (Å²) in [4.78, 5) is 24.1. The first kappa shape index (κ1) is 26.3. The zero-order valence-corrected chi connectivity index (χ0v) is 22.9. The third-order valence-corrected chi connectivity index (χ3v) is 7.49. The van der Waals surface area contributed by atoms with Crippen LogP contribution in [0.3, 0.4) is 0 Å². The van der Waals surface area contributed by atoms with Gasteiger partial charge in [0.05, 0.1) is 29.4 Å². The third-order valence-electron chi connectivity index (χ3n) is 7.49. The van der Waals surface area contributed by atoms with Crippen molar-refractivity contribution in [2.45, 2.75) is 53.2 Å². The molecule has 1 aliphatic heterocycles. The molecule has 0 bridgehead atoms. The summed E-state index contributed by atoms with van der Waals surface area (Å²) in [6, 6.07) is 15.9. The summed E-state index contributed by atoms with van der Waals surface area (Å²) in [6.45, 7) is 8.66. The minimum Gasteiger partial charge on any atom is -0.493 e. The molecule has 3 aromatic carbocycles. The lowest BCUT2D eigenvalue weighted by Crippen LogP contribution is -2.31. The molecule has 0 radical (unpaired) electrons. The number of ether oxygens (including phenoxy) is 2. The molecule has 202 valence electrons. The van der Waals surface area contributed by atoms with Crippen molar-refractivity contribution in [1.82, 2.24) is 0 Å². The number of fused-ring (bicyclic) bond motifs is 1. The first-order valence-corrected chi connectivity index (χ1v) is 13.0. The van der Waals surface area contributed by atoms with E-state index in [0.29, 0.717) is 17.9 Å². The van der Waals surface area contributed by atoms with Crippen LogP contribution in [0.1, 0.15) is 55.0 Å². The second-order valence-corrected chi connectivity index (χ2v) is 11.1. The van der Waals surface area contributed by atoms with Crippen LogP contribution in [0.25, 0.3) is 0 Å². The van der Waals surface area contributed by atoms with Gasteiger partial charge in [0.1, 0.15) is 6.61 Å². The van der Waals surface area contributed by atoms with Gasteiger partial charge in [-0.3, -0.25) is 14.9 Å². The van der Waals surface area contributed by atoms with Crippen molar-refractivity contribution in [3.63, 3.8) is 0 Å². The maximum absolute atomic E-state index is 13.6. The molecule has 1 heterocycles. The molecule has 0 spiro atoms. The number of hydrogen-bond acceptors (Lipinski definition) is 7. The highest BCUT2D eigenvalue weighted by molar-refractivity contribution is 6.01. The molecule has 8 nitrogen and oxygen atoms in total. The van der Waals surface area contributed by atoms with Gasteiger partial charge in [-0.25, -0.2) is 0 Å². The Labute approximate surface area is 228 Å². The van der Waals surface area contributed by atoms with Gasteiger partial charge in [-0.2, -0.15) is 0 Å². The van der Waals surface area contributed by atoms with E-state index in [1.807, 2.05) is 18.2 Å². The average molecular weight is 528 g/mol. The fraction of sp³-hybridized carbons (Fsp3) is 0.323. The van der Waals surface area contributed by atoms with E-state index in [2.05, 4.69) is 50.5 Å². The summed E-state index contributed by atoms with van der Waals surface area (Å²) in [5.74, 6) is 1.22. The molecular weight excluding hydrogens is 494 g/mol. The number of nitrogens with one attached hydrogen (secondary N) is 2. The summed E-state index contributed by atoms with van der Waals surface area (Å²) in [6.07, 6.45) is 1.25. The Hall–Kier alpha value is -4.33. The number of non-ortho nitro benzene ring substituents is 1. The lowest BCUT2D eigenvalue weighted by molar-refractivity contribution is -0.384. The van der Waals surface area contributed by atoms with E-state index in [9.17, 15) is 14.9 Å². The molecule has 1 aliphatic carbocycles. The second-order valence-electron chi connectivity index (χ2n) is 11.1. The minimum absolute atomic E-state index is 0.0346. The largest absolute Gasteiger partial charge is 0.493 e. The SMILES string of the molecule is COc1cc([C@@H]2Nc3cc(C)c(C)cc3NC3=C2C(=O)CC(C)(C)C3)ccc1OCc1ccc([N+](=O)[O-])cc1. The number of ketones is 1. The van der Waals surface area contributed by atoms with E-state index < -0.39 is 4.92 Å². The molecule has 5 rings (SSSR count). The molecule has 0 fully saturated rings. The van der Waals surface area contributed by atoms with Crippen molar-refractivity contribution in [2.75, 3.05) is 17.7 Å². The second kappa shape index (κ2) is 10.1. The Kier molecular flexibility index (Phi) is 6.80. The molecule has 8 heteroatoms. The number of methoxy groups -OCH3 is 1. The van der Waals surface area contributed by atoms with Crippen LogP contribution >= 0.6 is 0 Å². The van der Waals surface area contributed by atoms with Crippen LogP contribution in [-0.4, -0.2) is 17.8 Å². The number of benzene rings is 3. The van der Waals surface area contributed by atoms with E-state index in [-0.39, 0.29) is 29.5 Å². The van der Waals surface area contributed by atoms with E-state index in [1.54, 1.807) is 19.2 Å². The first-order valence-electron chi connectivity index (χ1n) is 13.0. The number of nitro groups is 1. The molecule has 39 heavy (non-hydrogen) atoms. The van der Waals surface area contributed by atoms with Crippen LogP contribution in [0.4, 0.5) is 17.1 Å². The van der Waals surface area contributed by atoms with E-state index in [4.69, 9.17) is 9.47 Å². The van der Waals surface area contributed by atoms with Gasteiger partial charge >= 0.3 is 0 Å². The van der Waals surface area contributed by atoms with Crippen molar-refractivity contribution in [1.29, 1.82) is 0 Å². The number of rotatable bonds is 6. The van der Waals surface area contributed by atoms with Gasteiger partial charge in [0.2, 0.25) is 0 Å². The summed E-state index contributed by atoms with van der Waals surface area (Å²) in [5, 5.41) is 18.2. The van der Waals surface area contributed by atoms with Crippen molar-refractivity contribution in [3.05, 3.63) is 98.2 Å². The van der Waals surface area contributed by atoms with Gasteiger partial charge in [0.15, 0.2) is 17.3 Å². The maximum atomic E-state index is 13.6. The van der Waals surface area contributed by atoms with Gasteiger partial charge in [0.25, 0.3) is 5.69 Å². The molecule has 3 aromatic rings. The lowest BCUT2D eigenvalue weighted by Gasteiger charge is -2.34. The zero-order valence-electron chi connectivity index (χ0n) is 22.9. The van der Waals surface area contributed by atoms with E-state index >= 15 is 0 Å². The number of carbonyl (C=O) groups excluding carboxylic acids is 1. The standard InChI is InChI=1S/C31H33N3O5/c1-18-12-23-24(13-19(18)2)33-30(29-25(32-23)15-31(3,4)16-26(29)35)21-8-11-27(28(14-21)38-5)39-17-20-6-9-22(10-7-20)34(36)37/h6-14,30,32-33H,15-17H2,1-5H3/t30-/m0/s1. The number of nitro benzene ring substituents is 1. The average Bonchev–Trinajstić information content (AvgIpc) is 3.03. The highest BCUT2D eigenvalue weighted by atomic mass is 16.6. The van der Waals surface area contributed by atoms with Crippen LogP contribution in [0.15, 0.2) is 65.9 Å². The van der Waals surface area contributed by atoms with Crippen LogP contribution in [0.2, 0.25) is 0 Å². The number of nitrogens with zero attached hydrogens (tertiary/aromatic N) is 1. The van der Waals surface area contributed by atoms with Gasteiger partial charge in [0, 0.05) is 29.8 Å². The molecular formula is C31H33N3O5. The number of anilines is 2. The quantitative estimate of drug-likeness (QED) is 0.262. The molecule has 0 saturated carbocycles. The molecule has 1 atom stereocenters. The van der Waals surface area contributed by atoms with E-state index in [0.717, 1.165) is 40.2 Å². The first-order chi connectivity index (χ1) is 18.5. The number of aryl methyl sites for hydroxylation is 2. The number of hydrogen-bond donors (Lipinski definition) is 2.